The Kier molecular flexibility index (Phi) is 5.67. The van der Waals surface area contributed by atoms with Gasteiger partial charge in [-0.15, -0.1) is 0 Å². The molecule has 0 bridgehead atoms. The molecular weight excluding hydrogens is 222 g/mol. The van der Waals surface area contributed by atoms with E-state index in [-0.39, 0.29) is 11.6 Å². The zero-order valence-corrected chi connectivity index (χ0v) is 13.1. The van der Waals surface area contributed by atoms with E-state index in [0.717, 1.165) is 31.8 Å². The molecule has 0 aromatic rings. The lowest BCUT2D eigenvalue weighted by Gasteiger charge is -2.44. The SMILES string of the molecule is CCOC1(C(N)CCC(C)(C)C)CCC(C)CC1. The molecule has 0 aromatic heterocycles. The first-order valence-corrected chi connectivity index (χ1v) is 7.68. The first-order valence-electron chi connectivity index (χ1n) is 7.68. The summed E-state index contributed by atoms with van der Waals surface area (Å²) in [6.45, 7) is 12.1. The average Bonchev–Trinajstić information content (AvgIpc) is 2.28. The topological polar surface area (TPSA) is 35.2 Å². The highest BCUT2D eigenvalue weighted by Crippen LogP contribution is 2.38. The molecule has 1 unspecified atom stereocenters. The fourth-order valence-corrected chi connectivity index (χ4v) is 3.01. The average molecular weight is 255 g/mol. The van der Waals surface area contributed by atoms with Crippen molar-refractivity contribution in [2.45, 2.75) is 84.8 Å². The van der Waals surface area contributed by atoms with Crippen molar-refractivity contribution in [3.63, 3.8) is 0 Å². The Morgan fingerprint density at radius 1 is 1.28 bits per heavy atom. The van der Waals surface area contributed by atoms with Crippen LogP contribution in [0.1, 0.15) is 73.1 Å². The molecule has 0 amide bonds. The Balaban J connectivity index is 2.60. The van der Waals surface area contributed by atoms with Gasteiger partial charge in [-0.05, 0) is 56.8 Å². The molecule has 0 heterocycles. The zero-order chi connectivity index (χ0) is 13.8. The van der Waals surface area contributed by atoms with Crippen molar-refractivity contribution in [1.82, 2.24) is 0 Å². The summed E-state index contributed by atoms with van der Waals surface area (Å²) in [7, 11) is 0. The van der Waals surface area contributed by atoms with E-state index >= 15 is 0 Å². The normalized spacial score (nSPS) is 31.3. The van der Waals surface area contributed by atoms with Gasteiger partial charge in [0.2, 0.25) is 0 Å². The number of hydrogen-bond acceptors (Lipinski definition) is 2. The quantitative estimate of drug-likeness (QED) is 0.802. The van der Waals surface area contributed by atoms with E-state index in [1.807, 2.05) is 0 Å². The highest BCUT2D eigenvalue weighted by atomic mass is 16.5. The van der Waals surface area contributed by atoms with E-state index in [4.69, 9.17) is 10.5 Å². The van der Waals surface area contributed by atoms with E-state index in [2.05, 4.69) is 34.6 Å². The van der Waals surface area contributed by atoms with Gasteiger partial charge in [0, 0.05) is 12.6 Å². The van der Waals surface area contributed by atoms with Crippen LogP contribution >= 0.6 is 0 Å². The molecule has 1 aliphatic carbocycles. The minimum atomic E-state index is -0.0352. The summed E-state index contributed by atoms with van der Waals surface area (Å²) in [5, 5.41) is 0. The predicted molar refractivity (Wildman–Crippen MR) is 78.7 cm³/mol. The van der Waals surface area contributed by atoms with E-state index in [9.17, 15) is 0 Å². The molecule has 0 radical (unpaired) electrons. The predicted octanol–water partition coefficient (Wildman–Crippen LogP) is 4.13. The minimum absolute atomic E-state index is 0.0352. The molecule has 2 N–H and O–H groups in total. The fraction of sp³-hybridized carbons (Fsp3) is 1.00. The van der Waals surface area contributed by atoms with Gasteiger partial charge < -0.3 is 10.5 Å². The summed E-state index contributed by atoms with van der Waals surface area (Å²) in [5.41, 5.74) is 6.83. The summed E-state index contributed by atoms with van der Waals surface area (Å²) < 4.78 is 6.12. The Morgan fingerprint density at radius 3 is 2.28 bits per heavy atom. The van der Waals surface area contributed by atoms with Crippen molar-refractivity contribution < 1.29 is 4.74 Å². The van der Waals surface area contributed by atoms with E-state index in [0.29, 0.717) is 5.41 Å². The van der Waals surface area contributed by atoms with Gasteiger partial charge in [-0.1, -0.05) is 27.7 Å². The molecule has 0 spiro atoms. The van der Waals surface area contributed by atoms with Crippen molar-refractivity contribution in [3.8, 4) is 0 Å². The Labute approximate surface area is 114 Å². The second kappa shape index (κ2) is 6.38. The maximum Gasteiger partial charge on any atom is 0.0832 e. The van der Waals surface area contributed by atoms with Crippen LogP contribution < -0.4 is 5.73 Å². The molecule has 0 aliphatic heterocycles. The lowest BCUT2D eigenvalue weighted by molar-refractivity contribution is -0.0911. The third-order valence-corrected chi connectivity index (χ3v) is 4.43. The largest absolute Gasteiger partial charge is 0.374 e. The second-order valence-electron chi connectivity index (χ2n) is 7.39. The van der Waals surface area contributed by atoms with Crippen LogP contribution in [0.4, 0.5) is 0 Å². The second-order valence-corrected chi connectivity index (χ2v) is 7.39. The molecule has 1 atom stereocenters. The third-order valence-electron chi connectivity index (χ3n) is 4.43. The van der Waals surface area contributed by atoms with E-state index in [1.165, 1.54) is 19.3 Å². The number of hydrogen-bond donors (Lipinski definition) is 1. The summed E-state index contributed by atoms with van der Waals surface area (Å²) >= 11 is 0. The standard InChI is InChI=1S/C16H33NO/c1-6-18-16(11-7-13(2)8-12-16)14(17)9-10-15(3,4)5/h13-14H,6-12,17H2,1-5H3. The van der Waals surface area contributed by atoms with E-state index < -0.39 is 0 Å². The zero-order valence-electron chi connectivity index (χ0n) is 13.1. The minimum Gasteiger partial charge on any atom is -0.374 e. The van der Waals surface area contributed by atoms with Crippen LogP contribution in [0.15, 0.2) is 0 Å². The molecule has 2 heteroatoms. The van der Waals surface area contributed by atoms with Crippen LogP contribution in [0.2, 0.25) is 0 Å². The van der Waals surface area contributed by atoms with Gasteiger partial charge in [0.15, 0.2) is 0 Å². The van der Waals surface area contributed by atoms with Gasteiger partial charge in [0.1, 0.15) is 0 Å². The molecule has 0 aromatic carbocycles. The first kappa shape index (κ1) is 16.0. The highest BCUT2D eigenvalue weighted by Gasteiger charge is 2.40. The maximum atomic E-state index is 6.50. The van der Waals surface area contributed by atoms with Crippen molar-refractivity contribution >= 4 is 0 Å². The highest BCUT2D eigenvalue weighted by molar-refractivity contribution is 4.95. The molecule has 1 aliphatic rings. The smallest absolute Gasteiger partial charge is 0.0832 e. The molecular formula is C16H33NO. The van der Waals surface area contributed by atoms with Crippen LogP contribution in [0.25, 0.3) is 0 Å². The monoisotopic (exact) mass is 255 g/mol. The van der Waals surface area contributed by atoms with Gasteiger partial charge in [-0.2, -0.15) is 0 Å². The van der Waals surface area contributed by atoms with Crippen LogP contribution in [-0.4, -0.2) is 18.2 Å². The van der Waals surface area contributed by atoms with Crippen molar-refractivity contribution in [3.05, 3.63) is 0 Å². The molecule has 2 nitrogen and oxygen atoms in total. The van der Waals surface area contributed by atoms with Crippen LogP contribution in [0.5, 0.6) is 0 Å². The van der Waals surface area contributed by atoms with Crippen molar-refractivity contribution in [1.29, 1.82) is 0 Å². The van der Waals surface area contributed by atoms with Gasteiger partial charge >= 0.3 is 0 Å². The fourth-order valence-electron chi connectivity index (χ4n) is 3.01. The first-order chi connectivity index (χ1) is 8.29. The van der Waals surface area contributed by atoms with Crippen molar-refractivity contribution in [2.75, 3.05) is 6.61 Å². The molecule has 0 saturated heterocycles. The number of ether oxygens (including phenoxy) is 1. The van der Waals surface area contributed by atoms with Gasteiger partial charge in [-0.25, -0.2) is 0 Å². The van der Waals surface area contributed by atoms with Gasteiger partial charge in [0.25, 0.3) is 0 Å². The summed E-state index contributed by atoms with van der Waals surface area (Å²) in [6, 6.07) is 0.198. The molecule has 108 valence electrons. The van der Waals surface area contributed by atoms with Crippen molar-refractivity contribution in [2.24, 2.45) is 17.1 Å². The lowest BCUT2D eigenvalue weighted by atomic mass is 9.73. The Hall–Kier alpha value is -0.0800. The molecule has 1 fully saturated rings. The summed E-state index contributed by atoms with van der Waals surface area (Å²) in [4.78, 5) is 0. The Morgan fingerprint density at radius 2 is 1.83 bits per heavy atom. The molecule has 1 rings (SSSR count). The molecule has 18 heavy (non-hydrogen) atoms. The number of nitrogens with two attached hydrogens (primary N) is 1. The molecule has 1 saturated carbocycles. The van der Waals surface area contributed by atoms with Gasteiger partial charge in [-0.3, -0.25) is 0 Å². The third kappa shape index (κ3) is 4.55. The summed E-state index contributed by atoms with van der Waals surface area (Å²) in [6.07, 6.45) is 7.09. The Bertz CT molecular complexity index is 236. The maximum absolute atomic E-state index is 6.50. The van der Waals surface area contributed by atoms with Crippen LogP contribution in [-0.2, 0) is 4.74 Å². The number of rotatable bonds is 5. The van der Waals surface area contributed by atoms with Gasteiger partial charge in [0.05, 0.1) is 5.60 Å². The van der Waals surface area contributed by atoms with E-state index in [1.54, 1.807) is 0 Å². The van der Waals surface area contributed by atoms with Crippen LogP contribution in [0, 0.1) is 11.3 Å². The van der Waals surface area contributed by atoms with Crippen LogP contribution in [0.3, 0.4) is 0 Å². The lowest BCUT2D eigenvalue weighted by Crippen LogP contribution is -2.52. The summed E-state index contributed by atoms with van der Waals surface area (Å²) in [5.74, 6) is 0.841.